The van der Waals surface area contributed by atoms with Crippen molar-refractivity contribution in [2.24, 2.45) is 0 Å². The number of H-pyrrole nitrogens is 1. The minimum atomic E-state index is -0.123. The molecule has 0 atom stereocenters. The average Bonchev–Trinajstić information content (AvgIpc) is 3.38. The van der Waals surface area contributed by atoms with E-state index in [9.17, 15) is 9.59 Å². The molecule has 0 aliphatic heterocycles. The predicted molar refractivity (Wildman–Crippen MR) is 134 cm³/mol. The fourth-order valence-electron chi connectivity index (χ4n) is 3.90. The zero-order valence-corrected chi connectivity index (χ0v) is 20.8. The van der Waals surface area contributed by atoms with Crippen LogP contribution in [0.3, 0.4) is 0 Å². The molecular formula is C25H23ClN4O3S. The first-order valence-corrected chi connectivity index (χ1v) is 11.9. The summed E-state index contributed by atoms with van der Waals surface area (Å²) in [6, 6.07) is 14.9. The van der Waals surface area contributed by atoms with Crippen LogP contribution in [0.2, 0.25) is 5.02 Å². The topological polar surface area (TPSA) is 89.9 Å². The summed E-state index contributed by atoms with van der Waals surface area (Å²) in [7, 11) is 1.61. The number of aryl methyl sites for hydroxylation is 1. The number of ether oxygens (including phenoxy) is 1. The highest BCUT2D eigenvalue weighted by molar-refractivity contribution is 7.99. The first kappa shape index (κ1) is 23.8. The van der Waals surface area contributed by atoms with Gasteiger partial charge in [0, 0.05) is 22.5 Å². The van der Waals surface area contributed by atoms with Crippen molar-refractivity contribution >= 4 is 34.9 Å². The van der Waals surface area contributed by atoms with Crippen molar-refractivity contribution in [2.75, 3.05) is 12.9 Å². The Morgan fingerprint density at radius 1 is 1.09 bits per heavy atom. The molecule has 0 aliphatic carbocycles. The molecule has 0 fully saturated rings. The fourth-order valence-corrected chi connectivity index (χ4v) is 4.95. The van der Waals surface area contributed by atoms with Gasteiger partial charge in [0.2, 0.25) is 0 Å². The maximum absolute atomic E-state index is 13.0. The largest absolute Gasteiger partial charge is 0.497 e. The molecule has 2 aromatic heterocycles. The van der Waals surface area contributed by atoms with Crippen molar-refractivity contribution in [3.8, 4) is 22.8 Å². The van der Waals surface area contributed by atoms with Crippen molar-refractivity contribution in [1.82, 2.24) is 19.7 Å². The van der Waals surface area contributed by atoms with Crippen LogP contribution in [0.25, 0.3) is 17.1 Å². The van der Waals surface area contributed by atoms with E-state index in [4.69, 9.17) is 16.3 Å². The third kappa shape index (κ3) is 4.51. The molecule has 4 aromatic rings. The van der Waals surface area contributed by atoms with E-state index < -0.39 is 0 Å². The quantitative estimate of drug-likeness (QED) is 0.249. The summed E-state index contributed by atoms with van der Waals surface area (Å²) in [6.45, 7) is 5.08. The zero-order valence-electron chi connectivity index (χ0n) is 19.2. The number of carbonyl (C=O) groups excluding carboxylic acids is 2. The van der Waals surface area contributed by atoms with Gasteiger partial charge in [-0.2, -0.15) is 0 Å². The normalized spacial score (nSPS) is 11.0. The number of nitrogens with zero attached hydrogens (tertiary/aromatic N) is 3. The summed E-state index contributed by atoms with van der Waals surface area (Å²) >= 11 is 7.72. The lowest BCUT2D eigenvalue weighted by atomic mass is 10.1. The molecule has 34 heavy (non-hydrogen) atoms. The number of Topliss-reactive ketones (excluding diaryl/α,β-unsaturated/α-hetero) is 2. The van der Waals surface area contributed by atoms with E-state index in [0.717, 1.165) is 17.0 Å². The van der Waals surface area contributed by atoms with Crippen LogP contribution in [0.5, 0.6) is 5.75 Å². The molecule has 0 saturated heterocycles. The number of rotatable bonds is 8. The van der Waals surface area contributed by atoms with Gasteiger partial charge in [-0.3, -0.25) is 14.2 Å². The van der Waals surface area contributed by atoms with E-state index in [1.165, 1.54) is 18.7 Å². The van der Waals surface area contributed by atoms with Crippen LogP contribution >= 0.6 is 23.4 Å². The van der Waals surface area contributed by atoms with E-state index >= 15 is 0 Å². The molecule has 1 N–H and O–H groups in total. The number of carbonyl (C=O) groups is 2. The Hall–Kier alpha value is -3.36. The Bertz CT molecular complexity index is 1380. The number of methoxy groups -OCH3 is 1. The summed E-state index contributed by atoms with van der Waals surface area (Å²) in [6.07, 6.45) is 0. The minimum Gasteiger partial charge on any atom is -0.497 e. The number of ketones is 2. The Labute approximate surface area is 206 Å². The van der Waals surface area contributed by atoms with Gasteiger partial charge in [0.25, 0.3) is 0 Å². The fraction of sp³-hybridized carbons (Fsp3) is 0.200. The molecule has 0 bridgehead atoms. The lowest BCUT2D eigenvalue weighted by Gasteiger charge is -2.12. The Morgan fingerprint density at radius 3 is 2.41 bits per heavy atom. The zero-order chi connectivity index (χ0) is 24.4. The van der Waals surface area contributed by atoms with Crippen LogP contribution in [0.1, 0.15) is 39.0 Å². The molecule has 174 valence electrons. The Kier molecular flexibility index (Phi) is 6.90. The molecule has 2 aromatic carbocycles. The molecule has 2 heterocycles. The van der Waals surface area contributed by atoms with Gasteiger partial charge < -0.3 is 9.72 Å². The van der Waals surface area contributed by atoms with Crippen molar-refractivity contribution in [2.45, 2.75) is 25.9 Å². The smallest absolute Gasteiger partial charge is 0.196 e. The second-order valence-electron chi connectivity index (χ2n) is 7.71. The number of aromatic amines is 1. The number of thioether (sulfide) groups is 1. The predicted octanol–water partition coefficient (Wildman–Crippen LogP) is 5.72. The first-order valence-electron chi connectivity index (χ1n) is 10.5. The first-order chi connectivity index (χ1) is 16.3. The Balaban J connectivity index is 1.70. The standard InChI is InChI=1S/C25H23ClN4O3S/c1-14-22(16(3)31)15(2)27-23(14)21(32)13-34-25-29-28-24(19-7-5-6-8-20(19)26)30(25)17-9-11-18(33-4)12-10-17/h5-12,27H,13H2,1-4H3. The third-order valence-electron chi connectivity index (χ3n) is 5.48. The van der Waals surface area contributed by atoms with E-state index in [1.807, 2.05) is 47.0 Å². The number of benzene rings is 2. The number of hydrogen-bond donors (Lipinski definition) is 1. The van der Waals surface area contributed by atoms with Crippen LogP contribution in [-0.4, -0.2) is 44.2 Å². The van der Waals surface area contributed by atoms with E-state index in [2.05, 4.69) is 15.2 Å². The highest BCUT2D eigenvalue weighted by atomic mass is 35.5. The van der Waals surface area contributed by atoms with Crippen molar-refractivity contribution < 1.29 is 14.3 Å². The van der Waals surface area contributed by atoms with Gasteiger partial charge in [-0.25, -0.2) is 0 Å². The lowest BCUT2D eigenvalue weighted by Crippen LogP contribution is -2.07. The summed E-state index contributed by atoms with van der Waals surface area (Å²) in [5.41, 5.74) is 3.91. The van der Waals surface area contributed by atoms with E-state index in [0.29, 0.717) is 38.5 Å². The lowest BCUT2D eigenvalue weighted by molar-refractivity contribution is 0.101. The second-order valence-corrected chi connectivity index (χ2v) is 9.06. The highest BCUT2D eigenvalue weighted by Crippen LogP contribution is 2.33. The number of hydrogen-bond acceptors (Lipinski definition) is 6. The van der Waals surface area contributed by atoms with Crippen LogP contribution in [0.15, 0.2) is 53.7 Å². The molecule has 0 aliphatic rings. The van der Waals surface area contributed by atoms with Crippen LogP contribution in [0.4, 0.5) is 0 Å². The van der Waals surface area contributed by atoms with Gasteiger partial charge in [-0.15, -0.1) is 10.2 Å². The molecule has 9 heteroatoms. The van der Waals surface area contributed by atoms with Gasteiger partial charge >= 0.3 is 0 Å². The van der Waals surface area contributed by atoms with Crippen molar-refractivity contribution in [3.05, 3.63) is 76.1 Å². The summed E-state index contributed by atoms with van der Waals surface area (Å²) in [5.74, 6) is 1.22. The minimum absolute atomic E-state index is 0.0680. The van der Waals surface area contributed by atoms with E-state index in [-0.39, 0.29) is 17.3 Å². The average molecular weight is 495 g/mol. The molecule has 0 spiro atoms. The van der Waals surface area contributed by atoms with Crippen molar-refractivity contribution in [1.29, 1.82) is 0 Å². The second kappa shape index (κ2) is 9.87. The maximum atomic E-state index is 13.0. The summed E-state index contributed by atoms with van der Waals surface area (Å²) in [4.78, 5) is 28.0. The van der Waals surface area contributed by atoms with E-state index in [1.54, 1.807) is 27.0 Å². The van der Waals surface area contributed by atoms with Gasteiger partial charge in [-0.05, 0) is 62.7 Å². The number of halogens is 1. The molecule has 7 nitrogen and oxygen atoms in total. The molecule has 4 rings (SSSR count). The van der Waals surface area contributed by atoms with Crippen LogP contribution in [-0.2, 0) is 0 Å². The number of aromatic nitrogens is 4. The SMILES string of the molecule is COc1ccc(-n2c(SCC(=O)c3[nH]c(C)c(C(C)=O)c3C)nnc2-c2ccccc2Cl)cc1. The number of nitrogens with one attached hydrogen (secondary N) is 1. The van der Waals surface area contributed by atoms with Crippen molar-refractivity contribution in [3.63, 3.8) is 0 Å². The van der Waals surface area contributed by atoms with Gasteiger partial charge in [0.1, 0.15) is 5.75 Å². The molecule has 0 amide bonds. The molecule has 0 radical (unpaired) electrons. The van der Waals surface area contributed by atoms with Gasteiger partial charge in [0.05, 0.1) is 23.6 Å². The molecule has 0 saturated carbocycles. The molecule has 0 unspecified atom stereocenters. The summed E-state index contributed by atoms with van der Waals surface area (Å²) < 4.78 is 7.15. The summed E-state index contributed by atoms with van der Waals surface area (Å²) in [5, 5.41) is 9.84. The third-order valence-corrected chi connectivity index (χ3v) is 6.74. The maximum Gasteiger partial charge on any atom is 0.196 e. The van der Waals surface area contributed by atoms with Gasteiger partial charge in [0.15, 0.2) is 22.5 Å². The molecular weight excluding hydrogens is 472 g/mol. The Morgan fingerprint density at radius 2 is 1.79 bits per heavy atom. The van der Waals surface area contributed by atoms with Crippen LogP contribution < -0.4 is 4.74 Å². The monoisotopic (exact) mass is 494 g/mol. The highest BCUT2D eigenvalue weighted by Gasteiger charge is 2.22. The van der Waals surface area contributed by atoms with Crippen LogP contribution in [0, 0.1) is 13.8 Å². The van der Waals surface area contributed by atoms with Gasteiger partial charge in [-0.1, -0.05) is 35.5 Å².